The highest BCUT2D eigenvalue weighted by molar-refractivity contribution is 7.90. The molecule has 16 heteroatoms. The van der Waals surface area contributed by atoms with Crippen LogP contribution in [-0.2, 0) is 16.2 Å². The molecule has 0 aliphatic heterocycles. The van der Waals surface area contributed by atoms with Crippen LogP contribution < -0.4 is 4.72 Å². The van der Waals surface area contributed by atoms with Crippen LogP contribution in [0.1, 0.15) is 30.4 Å². The van der Waals surface area contributed by atoms with Gasteiger partial charge in [0, 0.05) is 18.5 Å². The van der Waals surface area contributed by atoms with Crippen LogP contribution in [-0.4, -0.2) is 38.2 Å². The highest BCUT2D eigenvalue weighted by Gasteiger charge is 2.85. The largest absolute Gasteiger partial charge is 0.460 e. The van der Waals surface area contributed by atoms with Gasteiger partial charge in [0.25, 0.3) is 10.0 Å². The van der Waals surface area contributed by atoms with Crippen molar-refractivity contribution in [3.63, 3.8) is 0 Å². The maximum atomic E-state index is 13.5. The van der Waals surface area contributed by atoms with Crippen molar-refractivity contribution in [3.05, 3.63) is 35.4 Å². The number of rotatable bonds is 8. The second kappa shape index (κ2) is 9.61. The van der Waals surface area contributed by atoms with Crippen LogP contribution in [0.25, 0.3) is 0 Å². The molecule has 0 saturated carbocycles. The minimum atomic E-state index is -7.34. The lowest BCUT2D eigenvalue weighted by atomic mass is 10.1. The maximum absolute atomic E-state index is 13.5. The van der Waals surface area contributed by atoms with Crippen molar-refractivity contribution in [2.24, 2.45) is 0 Å². The van der Waals surface area contributed by atoms with Crippen molar-refractivity contribution in [2.75, 3.05) is 6.54 Å². The molecule has 1 aromatic carbocycles. The average molecular weight is 523 g/mol. The summed E-state index contributed by atoms with van der Waals surface area (Å²) in [5.41, 5.74) is -0.744. The predicted molar refractivity (Wildman–Crippen MR) is 90.0 cm³/mol. The van der Waals surface area contributed by atoms with Gasteiger partial charge < -0.3 is 0 Å². The van der Waals surface area contributed by atoms with Gasteiger partial charge in [0.1, 0.15) is 0 Å². The standard InChI is InChI=1S/C17H13F12NO2S/c18-13(19,20)12-8-6-11(7-9-12)5-3-1-2-4-10-30-33(31,32)17(28,29)15(23,24)14(21,22)16(25,26)27/h6-9,30H,1-2,4,10H2. The number of halogens is 12. The molecule has 0 heterocycles. The fourth-order valence-corrected chi connectivity index (χ4v) is 3.13. The number of nitrogens with one attached hydrogen (secondary N) is 1. The van der Waals surface area contributed by atoms with Crippen LogP contribution >= 0.6 is 0 Å². The lowest BCUT2D eigenvalue weighted by molar-refractivity contribution is -0.382. The Kier molecular flexibility index (Phi) is 8.41. The Labute approximate surface area is 179 Å². The van der Waals surface area contributed by atoms with Gasteiger partial charge in [-0.2, -0.15) is 52.7 Å². The molecule has 0 bridgehead atoms. The second-order valence-corrected chi connectivity index (χ2v) is 8.20. The Bertz CT molecular complexity index is 970. The summed E-state index contributed by atoms with van der Waals surface area (Å²) in [6.45, 7) is -1.02. The van der Waals surface area contributed by atoms with E-state index >= 15 is 0 Å². The van der Waals surface area contributed by atoms with Gasteiger partial charge in [0.15, 0.2) is 0 Å². The third kappa shape index (κ3) is 6.25. The van der Waals surface area contributed by atoms with Crippen LogP contribution in [0.3, 0.4) is 0 Å². The van der Waals surface area contributed by atoms with Crippen LogP contribution in [0.4, 0.5) is 52.7 Å². The van der Waals surface area contributed by atoms with Crippen LogP contribution in [0.5, 0.6) is 0 Å². The van der Waals surface area contributed by atoms with Crippen LogP contribution in [0.2, 0.25) is 0 Å². The quantitative estimate of drug-likeness (QED) is 0.275. The molecule has 1 aromatic rings. The van der Waals surface area contributed by atoms with Gasteiger partial charge in [0.2, 0.25) is 0 Å². The molecule has 1 N–H and O–H groups in total. The molecular weight excluding hydrogens is 510 g/mol. The molecule has 188 valence electrons. The van der Waals surface area contributed by atoms with E-state index < -0.39 is 51.6 Å². The van der Waals surface area contributed by atoms with Crippen LogP contribution in [0.15, 0.2) is 24.3 Å². The molecule has 0 fully saturated rings. The van der Waals surface area contributed by atoms with Gasteiger partial charge in [0.05, 0.1) is 5.56 Å². The summed E-state index contributed by atoms with van der Waals surface area (Å²) < 4.78 is 176. The first-order valence-corrected chi connectivity index (χ1v) is 10.0. The zero-order valence-corrected chi connectivity index (χ0v) is 16.7. The minimum Gasteiger partial charge on any atom is -0.210 e. The van der Waals surface area contributed by atoms with Crippen molar-refractivity contribution in [1.82, 2.24) is 4.72 Å². The molecule has 0 aromatic heterocycles. The Morgan fingerprint density at radius 2 is 1.27 bits per heavy atom. The molecule has 0 atom stereocenters. The fraction of sp³-hybridized carbons (Fsp3) is 0.529. The van der Waals surface area contributed by atoms with Gasteiger partial charge in [-0.1, -0.05) is 11.8 Å². The molecule has 1 rings (SSSR count). The molecule has 0 aliphatic rings. The zero-order chi connectivity index (χ0) is 25.9. The van der Waals surface area contributed by atoms with Gasteiger partial charge in [-0.15, -0.1) is 0 Å². The van der Waals surface area contributed by atoms with Gasteiger partial charge in [-0.05, 0) is 37.1 Å². The molecule has 3 nitrogen and oxygen atoms in total. The summed E-state index contributed by atoms with van der Waals surface area (Å²) in [6, 6.07) is 3.64. The van der Waals surface area contributed by atoms with E-state index in [4.69, 9.17) is 0 Å². The summed E-state index contributed by atoms with van der Waals surface area (Å²) in [4.78, 5) is 0. The number of sulfonamides is 1. The Morgan fingerprint density at radius 3 is 1.73 bits per heavy atom. The topological polar surface area (TPSA) is 46.2 Å². The zero-order valence-electron chi connectivity index (χ0n) is 15.9. The Balaban J connectivity index is 2.66. The SMILES string of the molecule is O=S(=O)(NCCCCC#Cc1ccc(C(F)(F)F)cc1)C(F)(F)C(F)(F)C(F)(F)C(F)(F)F. The van der Waals surface area contributed by atoms with Crippen molar-refractivity contribution >= 4 is 10.0 Å². The van der Waals surface area contributed by atoms with E-state index in [1.165, 1.54) is 0 Å². The smallest absolute Gasteiger partial charge is 0.210 e. The summed E-state index contributed by atoms with van der Waals surface area (Å²) >= 11 is 0. The summed E-state index contributed by atoms with van der Waals surface area (Å²) in [5.74, 6) is -9.76. The van der Waals surface area contributed by atoms with Crippen LogP contribution in [0, 0.1) is 11.8 Å². The number of unbranched alkanes of at least 4 members (excludes halogenated alkanes) is 2. The van der Waals surface area contributed by atoms with Crippen molar-refractivity contribution in [2.45, 2.75) is 48.7 Å². The first-order valence-electron chi connectivity index (χ1n) is 8.54. The maximum Gasteiger partial charge on any atom is 0.460 e. The lowest BCUT2D eigenvalue weighted by Gasteiger charge is -2.33. The van der Waals surface area contributed by atoms with Crippen molar-refractivity contribution in [3.8, 4) is 11.8 Å². The molecule has 0 unspecified atom stereocenters. The third-order valence-electron chi connectivity index (χ3n) is 3.92. The van der Waals surface area contributed by atoms with E-state index in [-0.39, 0.29) is 24.8 Å². The molecule has 0 spiro atoms. The van der Waals surface area contributed by atoms with Gasteiger partial charge in [-0.3, -0.25) is 0 Å². The summed E-state index contributed by atoms with van der Waals surface area (Å²) in [5, 5.41) is -6.80. The molecule has 0 radical (unpaired) electrons. The highest BCUT2D eigenvalue weighted by atomic mass is 32.2. The number of hydrogen-bond acceptors (Lipinski definition) is 2. The normalized spacial score (nSPS) is 14.1. The highest BCUT2D eigenvalue weighted by Crippen LogP contribution is 2.54. The first kappa shape index (κ1) is 28.9. The Morgan fingerprint density at radius 1 is 0.758 bits per heavy atom. The number of hydrogen-bond donors (Lipinski definition) is 1. The monoisotopic (exact) mass is 523 g/mol. The van der Waals surface area contributed by atoms with E-state index in [9.17, 15) is 61.1 Å². The van der Waals surface area contributed by atoms with E-state index in [1.54, 1.807) is 0 Å². The van der Waals surface area contributed by atoms with Gasteiger partial charge >= 0.3 is 29.5 Å². The second-order valence-electron chi connectivity index (χ2n) is 6.40. The van der Waals surface area contributed by atoms with E-state index in [0.717, 1.165) is 29.0 Å². The molecule has 0 aliphatic carbocycles. The van der Waals surface area contributed by atoms with Crippen molar-refractivity contribution < 1.29 is 61.1 Å². The molecule has 0 saturated heterocycles. The third-order valence-corrected chi connectivity index (χ3v) is 5.43. The molecule has 33 heavy (non-hydrogen) atoms. The van der Waals surface area contributed by atoms with E-state index in [0.29, 0.717) is 0 Å². The number of benzene rings is 1. The average Bonchev–Trinajstić information content (AvgIpc) is 2.65. The lowest BCUT2D eigenvalue weighted by Crippen LogP contribution is -2.64. The predicted octanol–water partition coefficient (Wildman–Crippen LogP) is 5.57. The Hall–Kier alpha value is -2.15. The molecule has 0 amide bonds. The number of alkyl halides is 12. The molecular formula is C17H13F12NO2S. The fourth-order valence-electron chi connectivity index (χ4n) is 2.07. The van der Waals surface area contributed by atoms with Gasteiger partial charge in [-0.25, -0.2) is 13.1 Å². The van der Waals surface area contributed by atoms with E-state index in [2.05, 4.69) is 11.8 Å². The summed E-state index contributed by atoms with van der Waals surface area (Å²) in [6.07, 6.45) is -12.2. The summed E-state index contributed by atoms with van der Waals surface area (Å²) in [7, 11) is -6.65. The van der Waals surface area contributed by atoms with Crippen molar-refractivity contribution in [1.29, 1.82) is 0 Å². The first-order chi connectivity index (χ1) is 14.7. The minimum absolute atomic E-state index is 0.0680. The van der Waals surface area contributed by atoms with E-state index in [1.807, 2.05) is 0 Å².